The summed E-state index contributed by atoms with van der Waals surface area (Å²) in [4.78, 5) is 11.3. The number of aliphatic hydroxyl groups is 1. The molecule has 0 saturated heterocycles. The van der Waals surface area contributed by atoms with Crippen molar-refractivity contribution in [1.29, 1.82) is 0 Å². The summed E-state index contributed by atoms with van der Waals surface area (Å²) in [6.45, 7) is -0.0150. The van der Waals surface area contributed by atoms with Gasteiger partial charge < -0.3 is 19.9 Å². The topological polar surface area (TPSA) is 67.8 Å². The Hall–Kier alpha value is -1.95. The molecule has 23 heavy (non-hydrogen) atoms. The van der Waals surface area contributed by atoms with Crippen molar-refractivity contribution in [3.63, 3.8) is 0 Å². The molecule has 0 aromatic heterocycles. The molecule has 0 fully saturated rings. The summed E-state index contributed by atoms with van der Waals surface area (Å²) < 4.78 is 10.8. The molecule has 1 heterocycles. The van der Waals surface area contributed by atoms with Gasteiger partial charge in [0, 0.05) is 11.1 Å². The molecule has 1 aliphatic heterocycles. The number of rotatable bonds is 4. The second-order valence-electron chi connectivity index (χ2n) is 4.99. The molecule has 0 spiro atoms. The van der Waals surface area contributed by atoms with E-state index in [1.54, 1.807) is 36.4 Å². The van der Waals surface area contributed by atoms with E-state index in [1.165, 1.54) is 0 Å². The van der Waals surface area contributed by atoms with E-state index in [0.717, 1.165) is 0 Å². The number of anilines is 1. The molecule has 2 aromatic carbocycles. The zero-order chi connectivity index (χ0) is 16.4. The molecule has 1 amide bonds. The Labute approximate surface area is 142 Å². The van der Waals surface area contributed by atoms with Gasteiger partial charge >= 0.3 is 0 Å². The molecular weight excluding hydrogens is 341 g/mol. The first-order chi connectivity index (χ1) is 11.0. The zero-order valence-electron chi connectivity index (χ0n) is 11.9. The van der Waals surface area contributed by atoms with Gasteiger partial charge in [-0.2, -0.15) is 0 Å². The van der Waals surface area contributed by atoms with Crippen LogP contribution in [0.2, 0.25) is 10.0 Å². The van der Waals surface area contributed by atoms with Gasteiger partial charge in [0.05, 0.1) is 10.7 Å². The summed E-state index contributed by atoms with van der Waals surface area (Å²) in [5.41, 5.74) is 1.12. The van der Waals surface area contributed by atoms with Crippen molar-refractivity contribution in [2.75, 3.05) is 18.5 Å². The maximum absolute atomic E-state index is 11.3. The summed E-state index contributed by atoms with van der Waals surface area (Å²) >= 11 is 11.9. The molecule has 0 aliphatic carbocycles. The van der Waals surface area contributed by atoms with E-state index in [2.05, 4.69) is 5.32 Å². The van der Waals surface area contributed by atoms with Crippen LogP contribution in [0.25, 0.3) is 0 Å². The number of amides is 1. The van der Waals surface area contributed by atoms with Crippen LogP contribution in [0.15, 0.2) is 36.4 Å². The number of benzene rings is 2. The Bertz CT molecular complexity index is 751. The summed E-state index contributed by atoms with van der Waals surface area (Å²) in [5.74, 6) is 0.735. The number of fused-ring (bicyclic) bond motifs is 1. The molecule has 1 atom stereocenters. The van der Waals surface area contributed by atoms with Crippen LogP contribution in [0, 0.1) is 0 Å². The molecular formula is C16H13Cl2NO4. The van der Waals surface area contributed by atoms with Gasteiger partial charge in [0.15, 0.2) is 6.61 Å². The zero-order valence-corrected chi connectivity index (χ0v) is 13.4. The Morgan fingerprint density at radius 2 is 2.09 bits per heavy atom. The number of hydrogen-bond acceptors (Lipinski definition) is 4. The predicted molar refractivity (Wildman–Crippen MR) is 87.5 cm³/mol. The molecule has 1 aliphatic rings. The minimum Gasteiger partial charge on any atom is -0.489 e. The van der Waals surface area contributed by atoms with Crippen LogP contribution in [-0.4, -0.2) is 24.2 Å². The van der Waals surface area contributed by atoms with E-state index in [4.69, 9.17) is 32.7 Å². The second kappa shape index (κ2) is 6.66. The van der Waals surface area contributed by atoms with Crippen molar-refractivity contribution in [1.82, 2.24) is 0 Å². The highest BCUT2D eigenvalue weighted by Gasteiger charge is 2.18. The van der Waals surface area contributed by atoms with Gasteiger partial charge in [-0.05, 0) is 29.8 Å². The van der Waals surface area contributed by atoms with Crippen LogP contribution in [-0.2, 0) is 4.79 Å². The fraction of sp³-hybridized carbons (Fsp3) is 0.188. The van der Waals surface area contributed by atoms with E-state index in [1.807, 2.05) is 0 Å². The van der Waals surface area contributed by atoms with Crippen LogP contribution in [0.5, 0.6) is 11.5 Å². The Morgan fingerprint density at radius 1 is 1.26 bits per heavy atom. The third kappa shape index (κ3) is 3.69. The SMILES string of the molecule is O=C1COc2ccc(C(O)COc3cc(Cl)ccc3Cl)cc2N1. The lowest BCUT2D eigenvalue weighted by atomic mass is 10.1. The van der Waals surface area contributed by atoms with E-state index < -0.39 is 6.10 Å². The van der Waals surface area contributed by atoms with Crippen molar-refractivity contribution in [3.05, 3.63) is 52.0 Å². The lowest BCUT2D eigenvalue weighted by molar-refractivity contribution is -0.118. The number of ether oxygens (including phenoxy) is 2. The second-order valence-corrected chi connectivity index (χ2v) is 5.84. The molecule has 1 unspecified atom stereocenters. The van der Waals surface area contributed by atoms with Crippen molar-refractivity contribution in [2.45, 2.75) is 6.10 Å². The fourth-order valence-electron chi connectivity index (χ4n) is 2.16. The Balaban J connectivity index is 1.71. The Morgan fingerprint density at radius 3 is 2.91 bits per heavy atom. The number of halogens is 2. The van der Waals surface area contributed by atoms with Gasteiger partial charge in [-0.25, -0.2) is 0 Å². The number of aliphatic hydroxyl groups excluding tert-OH is 1. The maximum atomic E-state index is 11.3. The lowest BCUT2D eigenvalue weighted by Gasteiger charge is -2.20. The van der Waals surface area contributed by atoms with Crippen LogP contribution >= 0.6 is 23.2 Å². The molecule has 0 saturated carbocycles. The van der Waals surface area contributed by atoms with Gasteiger partial charge in [-0.1, -0.05) is 29.3 Å². The highest BCUT2D eigenvalue weighted by atomic mass is 35.5. The van der Waals surface area contributed by atoms with E-state index in [0.29, 0.717) is 32.8 Å². The third-order valence-electron chi connectivity index (χ3n) is 3.31. The normalized spacial score (nSPS) is 14.5. The lowest BCUT2D eigenvalue weighted by Crippen LogP contribution is -2.25. The van der Waals surface area contributed by atoms with E-state index >= 15 is 0 Å². The molecule has 2 aromatic rings. The first kappa shape index (κ1) is 15.9. The smallest absolute Gasteiger partial charge is 0.262 e. The van der Waals surface area contributed by atoms with Crippen LogP contribution < -0.4 is 14.8 Å². The first-order valence-electron chi connectivity index (χ1n) is 6.85. The van der Waals surface area contributed by atoms with Gasteiger partial charge in [0.2, 0.25) is 0 Å². The molecule has 120 valence electrons. The number of carbonyl (C=O) groups is 1. The highest BCUT2D eigenvalue weighted by Crippen LogP contribution is 2.32. The monoisotopic (exact) mass is 353 g/mol. The number of nitrogens with one attached hydrogen (secondary N) is 1. The van der Waals surface area contributed by atoms with Gasteiger partial charge in [0.1, 0.15) is 24.2 Å². The largest absolute Gasteiger partial charge is 0.489 e. The van der Waals surface area contributed by atoms with Gasteiger partial charge in [-0.15, -0.1) is 0 Å². The molecule has 3 rings (SSSR count). The quantitative estimate of drug-likeness (QED) is 0.883. The first-order valence-corrected chi connectivity index (χ1v) is 7.61. The van der Waals surface area contributed by atoms with Crippen LogP contribution in [0.4, 0.5) is 5.69 Å². The number of hydrogen-bond donors (Lipinski definition) is 2. The molecule has 0 bridgehead atoms. The molecule has 7 heteroatoms. The minimum atomic E-state index is -0.894. The predicted octanol–water partition coefficient (Wildman–Crippen LogP) is 3.44. The van der Waals surface area contributed by atoms with E-state index in [-0.39, 0.29) is 19.1 Å². The average Bonchev–Trinajstić information content (AvgIpc) is 2.54. The molecule has 5 nitrogen and oxygen atoms in total. The minimum absolute atomic E-state index is 0.00630. The summed E-state index contributed by atoms with van der Waals surface area (Å²) in [5, 5.41) is 13.8. The van der Waals surface area contributed by atoms with E-state index in [9.17, 15) is 9.90 Å². The van der Waals surface area contributed by atoms with Gasteiger partial charge in [-0.3, -0.25) is 4.79 Å². The Kier molecular flexibility index (Phi) is 4.61. The van der Waals surface area contributed by atoms with Crippen molar-refractivity contribution < 1.29 is 19.4 Å². The van der Waals surface area contributed by atoms with Crippen LogP contribution in [0.1, 0.15) is 11.7 Å². The average molecular weight is 354 g/mol. The summed E-state index contributed by atoms with van der Waals surface area (Å²) in [6, 6.07) is 9.91. The maximum Gasteiger partial charge on any atom is 0.262 e. The van der Waals surface area contributed by atoms with Crippen LogP contribution in [0.3, 0.4) is 0 Å². The standard InChI is InChI=1S/C16H13Cl2NO4/c17-10-2-3-11(18)15(6-10)22-7-13(20)9-1-4-14-12(5-9)19-16(21)8-23-14/h1-6,13,20H,7-8H2,(H,19,21). The van der Waals surface area contributed by atoms with Crippen molar-refractivity contribution >= 4 is 34.8 Å². The third-order valence-corrected chi connectivity index (χ3v) is 3.86. The fourth-order valence-corrected chi connectivity index (χ4v) is 2.49. The highest BCUT2D eigenvalue weighted by molar-refractivity contribution is 6.34. The molecule has 0 radical (unpaired) electrons. The van der Waals surface area contributed by atoms with Crippen molar-refractivity contribution in [3.8, 4) is 11.5 Å². The number of carbonyl (C=O) groups excluding carboxylic acids is 1. The van der Waals surface area contributed by atoms with Crippen molar-refractivity contribution in [2.24, 2.45) is 0 Å². The molecule has 2 N–H and O–H groups in total. The van der Waals surface area contributed by atoms with Gasteiger partial charge in [0.25, 0.3) is 5.91 Å². The summed E-state index contributed by atoms with van der Waals surface area (Å²) in [7, 11) is 0. The summed E-state index contributed by atoms with van der Waals surface area (Å²) in [6.07, 6.45) is -0.894.